The van der Waals surface area contributed by atoms with Crippen LogP contribution in [0.5, 0.6) is 0 Å². The fourth-order valence-electron chi connectivity index (χ4n) is 4.30. The average Bonchev–Trinajstić information content (AvgIpc) is 2.72. The van der Waals surface area contributed by atoms with E-state index in [1.165, 1.54) is 18.4 Å². The molecule has 4 nitrogen and oxygen atoms in total. The first-order chi connectivity index (χ1) is 13.2. The monoisotopic (exact) mass is 364 g/mol. The van der Waals surface area contributed by atoms with Gasteiger partial charge in [0, 0.05) is 18.7 Å². The van der Waals surface area contributed by atoms with E-state index >= 15 is 0 Å². The van der Waals surface area contributed by atoms with Crippen molar-refractivity contribution in [3.8, 4) is 0 Å². The summed E-state index contributed by atoms with van der Waals surface area (Å²) < 4.78 is 0. The van der Waals surface area contributed by atoms with E-state index in [2.05, 4.69) is 46.6 Å². The number of aryl methyl sites for hydroxylation is 1. The third-order valence-electron chi connectivity index (χ3n) is 5.99. The summed E-state index contributed by atoms with van der Waals surface area (Å²) in [6.07, 6.45) is 3.98. The molecule has 2 aromatic rings. The summed E-state index contributed by atoms with van der Waals surface area (Å²) in [5.41, 5.74) is 4.45. The van der Waals surface area contributed by atoms with Gasteiger partial charge >= 0.3 is 0 Å². The molecule has 2 aliphatic heterocycles. The van der Waals surface area contributed by atoms with E-state index in [0.717, 1.165) is 49.3 Å². The SMILES string of the molecule is O=C1CCc2cc(C(O)CCN3CCC(c4ccccc4)CC3)ccc2N1. The number of aliphatic hydroxyl groups is 1. The highest BCUT2D eigenvalue weighted by atomic mass is 16.3. The predicted molar refractivity (Wildman–Crippen MR) is 108 cm³/mol. The molecule has 2 heterocycles. The number of hydrogen-bond donors (Lipinski definition) is 2. The van der Waals surface area contributed by atoms with Crippen LogP contribution in [0.1, 0.15) is 54.4 Å². The Morgan fingerprint density at radius 3 is 2.63 bits per heavy atom. The average molecular weight is 364 g/mol. The molecule has 1 saturated heterocycles. The number of nitrogens with one attached hydrogen (secondary N) is 1. The number of carbonyl (C=O) groups excluding carboxylic acids is 1. The number of likely N-dealkylation sites (tertiary alicyclic amines) is 1. The highest BCUT2D eigenvalue weighted by Crippen LogP contribution is 2.30. The van der Waals surface area contributed by atoms with Crippen molar-refractivity contribution in [2.24, 2.45) is 0 Å². The molecule has 0 aliphatic carbocycles. The van der Waals surface area contributed by atoms with E-state index in [9.17, 15) is 9.90 Å². The molecule has 1 atom stereocenters. The lowest BCUT2D eigenvalue weighted by atomic mass is 9.89. The van der Waals surface area contributed by atoms with Crippen molar-refractivity contribution in [1.29, 1.82) is 0 Å². The van der Waals surface area contributed by atoms with Gasteiger partial charge in [-0.15, -0.1) is 0 Å². The first-order valence-electron chi connectivity index (χ1n) is 10.1. The van der Waals surface area contributed by atoms with Crippen LogP contribution in [0.15, 0.2) is 48.5 Å². The van der Waals surface area contributed by atoms with E-state index in [-0.39, 0.29) is 5.91 Å². The van der Waals surface area contributed by atoms with Crippen LogP contribution in [-0.4, -0.2) is 35.5 Å². The van der Waals surface area contributed by atoms with Crippen LogP contribution in [0.2, 0.25) is 0 Å². The minimum atomic E-state index is -0.445. The summed E-state index contributed by atoms with van der Waals surface area (Å²) in [5.74, 6) is 0.748. The van der Waals surface area contributed by atoms with Crippen LogP contribution in [0.4, 0.5) is 5.69 Å². The zero-order chi connectivity index (χ0) is 18.6. The van der Waals surface area contributed by atoms with E-state index < -0.39 is 6.10 Å². The highest BCUT2D eigenvalue weighted by Gasteiger charge is 2.22. The Hall–Kier alpha value is -2.17. The maximum absolute atomic E-state index is 11.5. The molecule has 27 heavy (non-hydrogen) atoms. The normalized spacial score (nSPS) is 19.4. The van der Waals surface area contributed by atoms with Gasteiger partial charge in [-0.1, -0.05) is 42.5 Å². The molecular weight excluding hydrogens is 336 g/mol. The Morgan fingerprint density at radius 1 is 1.07 bits per heavy atom. The molecule has 0 radical (unpaired) electrons. The number of fused-ring (bicyclic) bond motifs is 1. The summed E-state index contributed by atoms with van der Waals surface area (Å²) in [5, 5.41) is 13.5. The van der Waals surface area contributed by atoms with E-state index in [4.69, 9.17) is 0 Å². The Labute approximate surface area is 161 Å². The van der Waals surface area contributed by atoms with Crippen molar-refractivity contribution in [2.45, 2.75) is 44.1 Å². The third-order valence-corrected chi connectivity index (χ3v) is 5.99. The maximum atomic E-state index is 11.5. The first kappa shape index (κ1) is 18.2. The molecule has 2 N–H and O–H groups in total. The van der Waals surface area contributed by atoms with Gasteiger partial charge in [0.15, 0.2) is 0 Å². The Bertz CT molecular complexity index is 782. The van der Waals surface area contributed by atoms with Gasteiger partial charge in [-0.25, -0.2) is 0 Å². The van der Waals surface area contributed by atoms with Crippen LogP contribution in [0.25, 0.3) is 0 Å². The number of anilines is 1. The lowest BCUT2D eigenvalue weighted by Gasteiger charge is -2.32. The van der Waals surface area contributed by atoms with Crippen molar-refractivity contribution < 1.29 is 9.90 Å². The largest absolute Gasteiger partial charge is 0.388 e. The second kappa shape index (κ2) is 8.24. The van der Waals surface area contributed by atoms with Gasteiger partial charge in [0.25, 0.3) is 0 Å². The summed E-state index contributed by atoms with van der Waals surface area (Å²) >= 11 is 0. The molecule has 1 amide bonds. The second-order valence-electron chi connectivity index (χ2n) is 7.80. The fourth-order valence-corrected chi connectivity index (χ4v) is 4.30. The van der Waals surface area contributed by atoms with Gasteiger partial charge in [-0.3, -0.25) is 4.79 Å². The fraction of sp³-hybridized carbons (Fsp3) is 0.435. The van der Waals surface area contributed by atoms with Crippen molar-refractivity contribution in [3.63, 3.8) is 0 Å². The maximum Gasteiger partial charge on any atom is 0.224 e. The summed E-state index contributed by atoms with van der Waals surface area (Å²) in [7, 11) is 0. The predicted octanol–water partition coefficient (Wildman–Crippen LogP) is 3.87. The molecule has 2 aliphatic rings. The molecular formula is C23H28N2O2. The first-order valence-corrected chi connectivity index (χ1v) is 10.1. The lowest BCUT2D eigenvalue weighted by Crippen LogP contribution is -2.34. The van der Waals surface area contributed by atoms with Crippen LogP contribution < -0.4 is 5.32 Å². The smallest absolute Gasteiger partial charge is 0.224 e. The minimum Gasteiger partial charge on any atom is -0.388 e. The van der Waals surface area contributed by atoms with Gasteiger partial charge in [-0.2, -0.15) is 0 Å². The number of amides is 1. The second-order valence-corrected chi connectivity index (χ2v) is 7.80. The summed E-state index contributed by atoms with van der Waals surface area (Å²) in [4.78, 5) is 13.9. The van der Waals surface area contributed by atoms with E-state index in [0.29, 0.717) is 12.3 Å². The topological polar surface area (TPSA) is 52.6 Å². The molecule has 142 valence electrons. The summed E-state index contributed by atoms with van der Waals surface area (Å²) in [6.45, 7) is 3.13. The zero-order valence-corrected chi connectivity index (χ0v) is 15.7. The van der Waals surface area contributed by atoms with Crippen LogP contribution in [-0.2, 0) is 11.2 Å². The van der Waals surface area contributed by atoms with Crippen LogP contribution >= 0.6 is 0 Å². The molecule has 1 unspecified atom stereocenters. The van der Waals surface area contributed by atoms with Crippen LogP contribution in [0, 0.1) is 0 Å². The molecule has 2 aromatic carbocycles. The van der Waals surface area contributed by atoms with Crippen molar-refractivity contribution in [2.75, 3.05) is 25.0 Å². The number of hydrogen-bond acceptors (Lipinski definition) is 3. The van der Waals surface area contributed by atoms with Gasteiger partial charge in [0.2, 0.25) is 5.91 Å². The summed E-state index contributed by atoms with van der Waals surface area (Å²) in [6, 6.07) is 16.7. The molecule has 0 aromatic heterocycles. The van der Waals surface area contributed by atoms with Gasteiger partial charge in [0.05, 0.1) is 6.10 Å². The Morgan fingerprint density at radius 2 is 1.85 bits per heavy atom. The number of benzene rings is 2. The van der Waals surface area contributed by atoms with Crippen molar-refractivity contribution in [3.05, 3.63) is 65.2 Å². The molecule has 0 spiro atoms. The molecule has 1 fully saturated rings. The number of piperidine rings is 1. The standard InChI is InChI=1S/C23H28N2O2/c26-22(20-6-8-21-19(16-20)7-9-23(27)24-21)12-15-25-13-10-18(11-14-25)17-4-2-1-3-5-17/h1-6,8,16,18,22,26H,7,9-15H2,(H,24,27). The number of aliphatic hydroxyl groups excluding tert-OH is 1. The van der Waals surface area contributed by atoms with E-state index in [1.807, 2.05) is 12.1 Å². The highest BCUT2D eigenvalue weighted by molar-refractivity contribution is 5.93. The van der Waals surface area contributed by atoms with Crippen molar-refractivity contribution >= 4 is 11.6 Å². The Kier molecular flexibility index (Phi) is 5.55. The van der Waals surface area contributed by atoms with Gasteiger partial charge < -0.3 is 15.3 Å². The third kappa shape index (κ3) is 4.40. The van der Waals surface area contributed by atoms with Crippen LogP contribution in [0.3, 0.4) is 0 Å². The molecule has 0 saturated carbocycles. The molecule has 4 heteroatoms. The molecule has 4 rings (SSSR count). The van der Waals surface area contributed by atoms with Crippen molar-refractivity contribution in [1.82, 2.24) is 4.90 Å². The number of nitrogens with zero attached hydrogens (tertiary/aromatic N) is 1. The Balaban J connectivity index is 1.28. The minimum absolute atomic E-state index is 0.0784. The quantitative estimate of drug-likeness (QED) is 0.847. The number of rotatable bonds is 5. The van der Waals surface area contributed by atoms with Gasteiger partial charge in [-0.05, 0) is 67.4 Å². The lowest BCUT2D eigenvalue weighted by molar-refractivity contribution is -0.116. The van der Waals surface area contributed by atoms with E-state index in [1.54, 1.807) is 0 Å². The molecule has 0 bridgehead atoms. The number of carbonyl (C=O) groups is 1. The van der Waals surface area contributed by atoms with Gasteiger partial charge in [0.1, 0.15) is 0 Å². The zero-order valence-electron chi connectivity index (χ0n) is 15.7.